The fraction of sp³-hybridized carbons (Fsp3) is 0.727. The van der Waals surface area contributed by atoms with Gasteiger partial charge in [0, 0.05) is 19.5 Å². The second-order valence-electron chi connectivity index (χ2n) is 3.93. The highest BCUT2D eigenvalue weighted by Gasteiger charge is 2.15. The molecule has 0 amide bonds. The topological polar surface area (TPSA) is 43.8 Å². The van der Waals surface area contributed by atoms with E-state index in [-0.39, 0.29) is 6.04 Å². The first kappa shape index (κ1) is 13.9. The first-order valence-electron chi connectivity index (χ1n) is 5.54. The van der Waals surface area contributed by atoms with Crippen molar-refractivity contribution in [1.29, 1.82) is 0 Å². The average Bonchev–Trinajstić information content (AvgIpc) is 2.53. The molecule has 5 heteroatoms. The SMILES string of the molecule is CCc1nn(C)c(CC(N)CCSC)c1Cl. The lowest BCUT2D eigenvalue weighted by Gasteiger charge is -2.11. The first-order valence-corrected chi connectivity index (χ1v) is 7.32. The van der Waals surface area contributed by atoms with Crippen LogP contribution in [0, 0.1) is 0 Å². The highest BCUT2D eigenvalue weighted by Crippen LogP contribution is 2.22. The monoisotopic (exact) mass is 261 g/mol. The van der Waals surface area contributed by atoms with Crippen LogP contribution in [0.3, 0.4) is 0 Å². The molecule has 1 rings (SSSR count). The Hall–Kier alpha value is -0.190. The van der Waals surface area contributed by atoms with Crippen molar-refractivity contribution >= 4 is 23.4 Å². The van der Waals surface area contributed by atoms with Crippen molar-refractivity contribution in [2.24, 2.45) is 12.8 Å². The van der Waals surface area contributed by atoms with Crippen LogP contribution in [0.15, 0.2) is 0 Å². The van der Waals surface area contributed by atoms with Gasteiger partial charge >= 0.3 is 0 Å². The van der Waals surface area contributed by atoms with Crippen molar-refractivity contribution in [2.75, 3.05) is 12.0 Å². The van der Waals surface area contributed by atoms with Crippen LogP contribution in [0.25, 0.3) is 0 Å². The molecule has 0 aliphatic rings. The summed E-state index contributed by atoms with van der Waals surface area (Å²) in [6.07, 6.45) is 4.79. The minimum atomic E-state index is 0.171. The van der Waals surface area contributed by atoms with Crippen molar-refractivity contribution in [3.63, 3.8) is 0 Å². The van der Waals surface area contributed by atoms with Gasteiger partial charge in [0.15, 0.2) is 0 Å². The standard InChI is InChI=1S/C11H20ClN3S/c1-4-9-11(12)10(15(2)14-9)7-8(13)5-6-16-3/h8H,4-7,13H2,1-3H3. The van der Waals surface area contributed by atoms with Gasteiger partial charge in [0.25, 0.3) is 0 Å². The molecule has 0 radical (unpaired) electrons. The Morgan fingerprint density at radius 3 is 2.75 bits per heavy atom. The summed E-state index contributed by atoms with van der Waals surface area (Å²) in [5.41, 5.74) is 8.10. The molecule has 1 atom stereocenters. The molecule has 1 unspecified atom stereocenters. The van der Waals surface area contributed by atoms with Gasteiger partial charge in [0.05, 0.1) is 16.4 Å². The van der Waals surface area contributed by atoms with E-state index in [1.807, 2.05) is 23.5 Å². The molecule has 3 nitrogen and oxygen atoms in total. The molecular formula is C11H20ClN3S. The van der Waals surface area contributed by atoms with Crippen LogP contribution in [-0.4, -0.2) is 27.8 Å². The smallest absolute Gasteiger partial charge is 0.0850 e. The summed E-state index contributed by atoms with van der Waals surface area (Å²) in [5.74, 6) is 1.09. The van der Waals surface area contributed by atoms with Crippen molar-refractivity contribution in [3.8, 4) is 0 Å². The molecule has 0 bridgehead atoms. The molecule has 0 spiro atoms. The third kappa shape index (κ3) is 3.40. The van der Waals surface area contributed by atoms with Crippen LogP contribution in [0.5, 0.6) is 0 Å². The van der Waals surface area contributed by atoms with E-state index in [4.69, 9.17) is 17.3 Å². The molecule has 2 N–H and O–H groups in total. The van der Waals surface area contributed by atoms with Gasteiger partial charge in [-0.1, -0.05) is 18.5 Å². The lowest BCUT2D eigenvalue weighted by Crippen LogP contribution is -2.24. The number of nitrogens with zero attached hydrogens (tertiary/aromatic N) is 2. The number of rotatable bonds is 6. The van der Waals surface area contributed by atoms with E-state index >= 15 is 0 Å². The molecule has 0 saturated carbocycles. The number of aromatic nitrogens is 2. The number of aryl methyl sites for hydroxylation is 2. The van der Waals surface area contributed by atoms with Crippen molar-refractivity contribution in [3.05, 3.63) is 16.4 Å². The van der Waals surface area contributed by atoms with Crippen LogP contribution in [0.2, 0.25) is 5.02 Å². The zero-order valence-corrected chi connectivity index (χ0v) is 11.7. The van der Waals surface area contributed by atoms with Crippen LogP contribution < -0.4 is 5.73 Å². The Morgan fingerprint density at radius 2 is 2.25 bits per heavy atom. The maximum Gasteiger partial charge on any atom is 0.0850 e. The Kier molecular flexibility index (Phi) is 5.66. The Morgan fingerprint density at radius 1 is 1.56 bits per heavy atom. The summed E-state index contributed by atoms with van der Waals surface area (Å²) in [7, 11) is 1.93. The van der Waals surface area contributed by atoms with Crippen LogP contribution >= 0.6 is 23.4 Å². The highest BCUT2D eigenvalue weighted by atomic mass is 35.5. The van der Waals surface area contributed by atoms with Gasteiger partial charge in [-0.15, -0.1) is 0 Å². The maximum atomic E-state index is 6.26. The first-order chi connectivity index (χ1) is 7.60. The van der Waals surface area contributed by atoms with Gasteiger partial charge in [-0.2, -0.15) is 16.9 Å². The molecule has 0 fully saturated rings. The fourth-order valence-electron chi connectivity index (χ4n) is 1.66. The zero-order valence-electron chi connectivity index (χ0n) is 10.2. The van der Waals surface area contributed by atoms with Gasteiger partial charge in [-0.25, -0.2) is 0 Å². The third-order valence-corrected chi connectivity index (χ3v) is 3.73. The molecule has 92 valence electrons. The highest BCUT2D eigenvalue weighted by molar-refractivity contribution is 7.98. The number of nitrogens with two attached hydrogens (primary N) is 1. The molecule has 16 heavy (non-hydrogen) atoms. The van der Waals surface area contributed by atoms with Gasteiger partial charge < -0.3 is 5.73 Å². The Labute approximate surface area is 107 Å². The van der Waals surface area contributed by atoms with E-state index in [1.54, 1.807) is 0 Å². The molecular weight excluding hydrogens is 242 g/mol. The van der Waals surface area contributed by atoms with Crippen molar-refractivity contribution < 1.29 is 0 Å². The Bertz CT molecular complexity index is 338. The normalized spacial score (nSPS) is 13.1. The fourth-order valence-corrected chi connectivity index (χ4v) is 2.57. The van der Waals surface area contributed by atoms with Crippen LogP contribution in [0.1, 0.15) is 24.7 Å². The predicted molar refractivity (Wildman–Crippen MR) is 72.3 cm³/mol. The third-order valence-electron chi connectivity index (χ3n) is 2.65. The summed E-state index contributed by atoms with van der Waals surface area (Å²) in [6, 6.07) is 0.171. The summed E-state index contributed by atoms with van der Waals surface area (Å²) >= 11 is 8.09. The second kappa shape index (κ2) is 6.52. The van der Waals surface area contributed by atoms with Crippen LogP contribution in [-0.2, 0) is 19.9 Å². The second-order valence-corrected chi connectivity index (χ2v) is 5.29. The lowest BCUT2D eigenvalue weighted by atomic mass is 10.1. The van der Waals surface area contributed by atoms with Gasteiger partial charge in [0.2, 0.25) is 0 Å². The summed E-state index contributed by atoms with van der Waals surface area (Å²) in [6.45, 7) is 2.06. The molecule has 0 saturated heterocycles. The largest absolute Gasteiger partial charge is 0.327 e. The molecule has 1 heterocycles. The molecule has 1 aromatic heterocycles. The summed E-state index contributed by atoms with van der Waals surface area (Å²) in [5, 5.41) is 5.18. The van der Waals surface area contributed by atoms with E-state index < -0.39 is 0 Å². The molecule has 0 aliphatic carbocycles. The van der Waals surface area contributed by atoms with E-state index in [0.29, 0.717) is 0 Å². The quantitative estimate of drug-likeness (QED) is 0.854. The minimum Gasteiger partial charge on any atom is -0.327 e. The summed E-state index contributed by atoms with van der Waals surface area (Å²) < 4.78 is 1.86. The van der Waals surface area contributed by atoms with Crippen LogP contribution in [0.4, 0.5) is 0 Å². The minimum absolute atomic E-state index is 0.171. The van der Waals surface area contributed by atoms with Gasteiger partial charge in [0.1, 0.15) is 0 Å². The molecule has 1 aromatic rings. The molecule has 0 aliphatic heterocycles. The number of hydrogen-bond donors (Lipinski definition) is 1. The number of thioether (sulfide) groups is 1. The maximum absolute atomic E-state index is 6.26. The van der Waals surface area contributed by atoms with Gasteiger partial charge in [-0.3, -0.25) is 4.68 Å². The van der Waals surface area contributed by atoms with Gasteiger partial charge in [-0.05, 0) is 24.9 Å². The number of hydrogen-bond acceptors (Lipinski definition) is 3. The van der Waals surface area contributed by atoms with Crippen molar-refractivity contribution in [2.45, 2.75) is 32.2 Å². The van der Waals surface area contributed by atoms with E-state index in [1.165, 1.54) is 0 Å². The lowest BCUT2D eigenvalue weighted by molar-refractivity contribution is 0.604. The van der Waals surface area contributed by atoms with E-state index in [9.17, 15) is 0 Å². The Balaban J connectivity index is 2.69. The zero-order chi connectivity index (χ0) is 12.1. The van der Waals surface area contributed by atoms with E-state index in [2.05, 4.69) is 18.3 Å². The summed E-state index contributed by atoms with van der Waals surface area (Å²) in [4.78, 5) is 0. The van der Waals surface area contributed by atoms with Crippen molar-refractivity contribution in [1.82, 2.24) is 9.78 Å². The average molecular weight is 262 g/mol. The molecule has 0 aromatic carbocycles. The number of halogens is 1. The predicted octanol–water partition coefficient (Wildman–Crippen LogP) is 2.26. The van der Waals surface area contributed by atoms with E-state index in [0.717, 1.165) is 41.4 Å².